The van der Waals surface area contributed by atoms with Gasteiger partial charge in [-0.25, -0.2) is 0 Å². The first kappa shape index (κ1) is 16.7. The normalized spacial score (nSPS) is 11.8. The Kier molecular flexibility index (Phi) is 6.67. The monoisotopic (exact) mass is 342 g/mol. The largest absolute Gasteiger partial charge is 0.396 e. The number of carbonyl (C=O) groups is 2. The van der Waals surface area contributed by atoms with Gasteiger partial charge in [0.1, 0.15) is 0 Å². The minimum Gasteiger partial charge on any atom is -0.396 e. The molecular weight excluding hydrogens is 324 g/mol. The maximum absolute atomic E-state index is 11.8. The Labute approximate surface area is 126 Å². The fraction of sp³-hybridized carbons (Fsp3) is 0.429. The molecule has 0 aliphatic heterocycles. The van der Waals surface area contributed by atoms with Gasteiger partial charge in [0.05, 0.1) is 0 Å². The third-order valence-corrected chi connectivity index (χ3v) is 3.82. The first-order valence-corrected chi connectivity index (χ1v) is 7.26. The molecule has 1 aromatic rings. The first-order valence-electron chi connectivity index (χ1n) is 6.46. The van der Waals surface area contributed by atoms with Gasteiger partial charge < -0.3 is 15.7 Å². The number of benzene rings is 1. The summed E-state index contributed by atoms with van der Waals surface area (Å²) >= 11 is 3.37. The minimum atomic E-state index is -0.705. The Hall–Kier alpha value is -1.40. The highest BCUT2D eigenvalue weighted by Gasteiger charge is 2.17. The zero-order chi connectivity index (χ0) is 15.1. The van der Waals surface area contributed by atoms with E-state index >= 15 is 0 Å². The van der Waals surface area contributed by atoms with E-state index in [2.05, 4.69) is 26.6 Å². The number of hydrogen-bond donors (Lipinski definition) is 3. The highest BCUT2D eigenvalue weighted by molar-refractivity contribution is 9.10. The topological polar surface area (TPSA) is 78.4 Å². The number of aliphatic hydroxyl groups is 1. The average molecular weight is 343 g/mol. The molecule has 0 saturated heterocycles. The van der Waals surface area contributed by atoms with Crippen LogP contribution >= 0.6 is 15.9 Å². The molecule has 20 heavy (non-hydrogen) atoms. The van der Waals surface area contributed by atoms with E-state index in [0.29, 0.717) is 18.5 Å². The molecule has 5 nitrogen and oxygen atoms in total. The van der Waals surface area contributed by atoms with E-state index in [4.69, 9.17) is 5.11 Å². The lowest BCUT2D eigenvalue weighted by Crippen LogP contribution is -2.42. The second kappa shape index (κ2) is 8.01. The first-order chi connectivity index (χ1) is 9.47. The summed E-state index contributed by atoms with van der Waals surface area (Å²) in [5, 5.41) is 14.0. The van der Waals surface area contributed by atoms with E-state index in [1.54, 1.807) is 12.1 Å². The summed E-state index contributed by atoms with van der Waals surface area (Å²) in [5.74, 6) is -1.39. The van der Waals surface area contributed by atoms with E-state index in [1.165, 1.54) is 0 Å². The van der Waals surface area contributed by atoms with Crippen molar-refractivity contribution >= 4 is 33.4 Å². The molecule has 110 valence electrons. The Balaban J connectivity index is 2.61. The quantitative estimate of drug-likeness (QED) is 0.716. The summed E-state index contributed by atoms with van der Waals surface area (Å²) in [6.07, 6.45) is 1.10. The van der Waals surface area contributed by atoms with Gasteiger partial charge in [0.2, 0.25) is 0 Å². The molecule has 0 spiro atoms. The molecule has 0 aliphatic carbocycles. The van der Waals surface area contributed by atoms with Crippen molar-refractivity contribution in [1.29, 1.82) is 0 Å². The summed E-state index contributed by atoms with van der Waals surface area (Å²) in [6.45, 7) is 3.76. The molecule has 0 aliphatic rings. The van der Waals surface area contributed by atoms with Crippen molar-refractivity contribution in [3.63, 3.8) is 0 Å². The SMILES string of the molecule is CCC(CCO)NC(=O)C(=O)Nc1ccc(Br)c(C)c1. The van der Waals surface area contributed by atoms with Gasteiger partial charge in [-0.1, -0.05) is 22.9 Å². The van der Waals surface area contributed by atoms with Crippen LogP contribution in [0.1, 0.15) is 25.3 Å². The maximum Gasteiger partial charge on any atom is 0.313 e. The van der Waals surface area contributed by atoms with Gasteiger partial charge >= 0.3 is 11.8 Å². The van der Waals surface area contributed by atoms with Gasteiger partial charge in [0.25, 0.3) is 0 Å². The number of nitrogens with one attached hydrogen (secondary N) is 2. The lowest BCUT2D eigenvalue weighted by Gasteiger charge is -2.15. The van der Waals surface area contributed by atoms with Gasteiger partial charge in [-0.2, -0.15) is 0 Å². The molecule has 1 rings (SSSR count). The molecule has 0 fully saturated rings. The molecular formula is C14H19BrN2O3. The van der Waals surface area contributed by atoms with Crippen LogP contribution in [0.3, 0.4) is 0 Å². The van der Waals surface area contributed by atoms with Crippen LogP contribution in [-0.2, 0) is 9.59 Å². The van der Waals surface area contributed by atoms with Gasteiger partial charge in [0.15, 0.2) is 0 Å². The highest BCUT2D eigenvalue weighted by Crippen LogP contribution is 2.19. The van der Waals surface area contributed by atoms with Crippen LogP contribution in [0.15, 0.2) is 22.7 Å². The zero-order valence-electron chi connectivity index (χ0n) is 11.6. The predicted octanol–water partition coefficient (Wildman–Crippen LogP) is 1.97. The van der Waals surface area contributed by atoms with Gasteiger partial charge in [0, 0.05) is 22.8 Å². The summed E-state index contributed by atoms with van der Waals surface area (Å²) in [4.78, 5) is 23.5. The van der Waals surface area contributed by atoms with E-state index in [0.717, 1.165) is 10.0 Å². The molecule has 1 aromatic carbocycles. The fourth-order valence-corrected chi connectivity index (χ4v) is 1.94. The smallest absolute Gasteiger partial charge is 0.313 e. The van der Waals surface area contributed by atoms with Crippen molar-refractivity contribution in [2.75, 3.05) is 11.9 Å². The molecule has 0 bridgehead atoms. The summed E-state index contributed by atoms with van der Waals surface area (Å²) in [7, 11) is 0. The molecule has 1 unspecified atom stereocenters. The molecule has 0 aromatic heterocycles. The van der Waals surface area contributed by atoms with Crippen molar-refractivity contribution < 1.29 is 14.7 Å². The number of halogens is 1. The molecule has 1 atom stereocenters. The number of aryl methyl sites for hydroxylation is 1. The van der Waals surface area contributed by atoms with E-state index in [1.807, 2.05) is 19.9 Å². The van der Waals surface area contributed by atoms with Crippen molar-refractivity contribution in [1.82, 2.24) is 5.32 Å². The van der Waals surface area contributed by atoms with Gasteiger partial charge in [-0.3, -0.25) is 9.59 Å². The molecule has 3 N–H and O–H groups in total. The van der Waals surface area contributed by atoms with E-state index in [9.17, 15) is 9.59 Å². The molecule has 0 saturated carbocycles. The number of hydrogen-bond acceptors (Lipinski definition) is 3. The summed E-state index contributed by atoms with van der Waals surface area (Å²) in [6, 6.07) is 5.11. The standard InChI is InChI=1S/C14H19BrN2O3/c1-3-10(6-7-18)16-13(19)14(20)17-11-4-5-12(15)9(2)8-11/h4-5,8,10,18H,3,6-7H2,1-2H3,(H,16,19)(H,17,20). The Morgan fingerprint density at radius 1 is 1.35 bits per heavy atom. The lowest BCUT2D eigenvalue weighted by atomic mass is 10.1. The van der Waals surface area contributed by atoms with Crippen LogP contribution in [0.25, 0.3) is 0 Å². The second-order valence-corrected chi connectivity index (χ2v) is 5.36. The van der Waals surface area contributed by atoms with E-state index < -0.39 is 11.8 Å². The highest BCUT2D eigenvalue weighted by atomic mass is 79.9. The summed E-state index contributed by atoms with van der Waals surface area (Å²) < 4.78 is 0.939. The number of anilines is 1. The van der Waals surface area contributed by atoms with Crippen LogP contribution < -0.4 is 10.6 Å². The minimum absolute atomic E-state index is 0.0215. The third-order valence-electron chi connectivity index (χ3n) is 2.93. The summed E-state index contributed by atoms with van der Waals surface area (Å²) in [5.41, 5.74) is 1.54. The van der Waals surface area contributed by atoms with Crippen LogP contribution in [-0.4, -0.2) is 29.6 Å². The van der Waals surface area contributed by atoms with Gasteiger partial charge in [-0.15, -0.1) is 0 Å². The third kappa shape index (κ3) is 4.94. The number of carbonyl (C=O) groups excluding carboxylic acids is 2. The maximum atomic E-state index is 11.8. The molecule has 6 heteroatoms. The van der Waals surface area contributed by atoms with Gasteiger partial charge in [-0.05, 0) is 43.5 Å². The fourth-order valence-electron chi connectivity index (χ4n) is 1.70. The number of aliphatic hydroxyl groups excluding tert-OH is 1. The number of amides is 2. The average Bonchev–Trinajstić information content (AvgIpc) is 2.42. The van der Waals surface area contributed by atoms with Crippen LogP contribution in [0.5, 0.6) is 0 Å². The van der Waals surface area contributed by atoms with Crippen LogP contribution in [0, 0.1) is 6.92 Å². The van der Waals surface area contributed by atoms with Crippen LogP contribution in [0.2, 0.25) is 0 Å². The molecule has 0 heterocycles. The Morgan fingerprint density at radius 2 is 2.05 bits per heavy atom. The number of rotatable bonds is 5. The Morgan fingerprint density at radius 3 is 2.60 bits per heavy atom. The lowest BCUT2D eigenvalue weighted by molar-refractivity contribution is -0.136. The van der Waals surface area contributed by atoms with E-state index in [-0.39, 0.29) is 12.6 Å². The second-order valence-electron chi connectivity index (χ2n) is 4.51. The van der Waals surface area contributed by atoms with Crippen molar-refractivity contribution in [2.24, 2.45) is 0 Å². The van der Waals surface area contributed by atoms with Crippen molar-refractivity contribution in [2.45, 2.75) is 32.7 Å². The molecule has 0 radical (unpaired) electrons. The van der Waals surface area contributed by atoms with Crippen LogP contribution in [0.4, 0.5) is 5.69 Å². The molecule has 2 amide bonds. The van der Waals surface area contributed by atoms with Crippen molar-refractivity contribution in [3.05, 3.63) is 28.2 Å². The zero-order valence-corrected chi connectivity index (χ0v) is 13.2. The predicted molar refractivity (Wildman–Crippen MR) is 81.4 cm³/mol. The Bertz CT molecular complexity index is 491. The van der Waals surface area contributed by atoms with Crippen molar-refractivity contribution in [3.8, 4) is 0 Å².